The summed E-state index contributed by atoms with van der Waals surface area (Å²) in [5.74, 6) is 3.53. The predicted molar refractivity (Wildman–Crippen MR) is 154 cm³/mol. The normalized spacial score (nSPS) is 24.5. The Morgan fingerprint density at radius 3 is 1.28 bits per heavy atom. The third kappa shape index (κ3) is 8.06. The first-order chi connectivity index (χ1) is 17.6. The van der Waals surface area contributed by atoms with E-state index >= 15 is 0 Å². The lowest BCUT2D eigenvalue weighted by molar-refractivity contribution is -0.119. The highest BCUT2D eigenvalue weighted by Gasteiger charge is 2.25. The van der Waals surface area contributed by atoms with Gasteiger partial charge in [0.2, 0.25) is 0 Å². The fourth-order valence-corrected chi connectivity index (χ4v) is 6.91. The SMILES string of the molecule is CCCc1ccc(C2CCC(CCC(=O)CCC3CCC(c4ccc(CCC)cc4)CC3)CC2)cc1. The van der Waals surface area contributed by atoms with Gasteiger partial charge in [0, 0.05) is 12.8 Å². The summed E-state index contributed by atoms with van der Waals surface area (Å²) in [6.07, 6.45) is 19.1. The molecular formula is C35H50O. The lowest BCUT2D eigenvalue weighted by atomic mass is 9.76. The molecule has 0 bridgehead atoms. The summed E-state index contributed by atoms with van der Waals surface area (Å²) in [5, 5.41) is 0. The summed E-state index contributed by atoms with van der Waals surface area (Å²) < 4.78 is 0. The smallest absolute Gasteiger partial charge is 0.132 e. The molecule has 0 saturated heterocycles. The Morgan fingerprint density at radius 2 is 0.944 bits per heavy atom. The van der Waals surface area contributed by atoms with Gasteiger partial charge in [0.1, 0.15) is 5.78 Å². The standard InChI is InChI=1S/C35H50O/c1-3-5-27-7-17-31(18-8-27)33-21-11-29(12-22-33)15-25-35(36)26-16-30-13-23-34(24-14-30)32-19-9-28(6-4-2)10-20-32/h7-10,17-20,29-30,33-34H,3-6,11-16,21-26H2,1-2H3. The van der Waals surface area contributed by atoms with Gasteiger partial charge in [0.15, 0.2) is 0 Å². The first kappa shape index (κ1) is 27.2. The highest BCUT2D eigenvalue weighted by atomic mass is 16.1. The van der Waals surface area contributed by atoms with E-state index in [1.54, 1.807) is 0 Å². The Balaban J connectivity index is 1.09. The van der Waals surface area contributed by atoms with Crippen LogP contribution in [0.4, 0.5) is 0 Å². The van der Waals surface area contributed by atoms with Crippen LogP contribution in [0.5, 0.6) is 0 Å². The van der Waals surface area contributed by atoms with E-state index in [0.717, 1.165) is 49.4 Å². The minimum Gasteiger partial charge on any atom is -0.300 e. The molecule has 0 spiro atoms. The fourth-order valence-electron chi connectivity index (χ4n) is 6.91. The molecule has 0 aliphatic heterocycles. The molecule has 2 aromatic rings. The van der Waals surface area contributed by atoms with E-state index in [2.05, 4.69) is 62.4 Å². The number of aryl methyl sites for hydroxylation is 2. The Bertz CT molecular complexity index is 817. The van der Waals surface area contributed by atoms with Gasteiger partial charge in [-0.05, 0) is 123 Å². The van der Waals surface area contributed by atoms with Gasteiger partial charge in [0.25, 0.3) is 0 Å². The number of carbonyl (C=O) groups excluding carboxylic acids is 1. The number of Topliss-reactive ketones (excluding diaryl/α,β-unsaturated/α-hetero) is 1. The molecule has 2 saturated carbocycles. The van der Waals surface area contributed by atoms with E-state index in [4.69, 9.17) is 0 Å². The molecule has 0 heterocycles. The molecule has 0 atom stereocenters. The summed E-state index contributed by atoms with van der Waals surface area (Å²) in [4.78, 5) is 12.7. The molecule has 196 valence electrons. The molecule has 2 aliphatic carbocycles. The lowest BCUT2D eigenvalue weighted by Crippen LogP contribution is -2.16. The molecular weight excluding hydrogens is 436 g/mol. The van der Waals surface area contributed by atoms with E-state index in [9.17, 15) is 4.79 Å². The summed E-state index contributed by atoms with van der Waals surface area (Å²) in [6, 6.07) is 18.8. The van der Waals surface area contributed by atoms with Crippen LogP contribution in [0.15, 0.2) is 48.5 Å². The summed E-state index contributed by atoms with van der Waals surface area (Å²) in [6.45, 7) is 4.50. The maximum absolute atomic E-state index is 12.7. The third-order valence-electron chi connectivity index (χ3n) is 9.34. The van der Waals surface area contributed by atoms with Crippen LogP contribution in [0, 0.1) is 11.8 Å². The highest BCUT2D eigenvalue weighted by molar-refractivity contribution is 5.78. The van der Waals surface area contributed by atoms with E-state index in [1.807, 2.05) is 0 Å². The minimum atomic E-state index is 0.525. The quantitative estimate of drug-likeness (QED) is 0.292. The molecule has 0 unspecified atom stereocenters. The van der Waals surface area contributed by atoms with Crippen LogP contribution in [-0.2, 0) is 17.6 Å². The molecule has 1 heteroatoms. The van der Waals surface area contributed by atoms with Crippen LogP contribution in [0.3, 0.4) is 0 Å². The average Bonchev–Trinajstić information content (AvgIpc) is 2.93. The van der Waals surface area contributed by atoms with Crippen LogP contribution in [0.25, 0.3) is 0 Å². The van der Waals surface area contributed by atoms with Crippen LogP contribution in [0.1, 0.15) is 138 Å². The van der Waals surface area contributed by atoms with Gasteiger partial charge < -0.3 is 0 Å². The van der Waals surface area contributed by atoms with Crippen molar-refractivity contribution in [3.63, 3.8) is 0 Å². The lowest BCUT2D eigenvalue weighted by Gasteiger charge is -2.29. The molecule has 2 fully saturated rings. The van der Waals surface area contributed by atoms with E-state index < -0.39 is 0 Å². The summed E-state index contributed by atoms with van der Waals surface area (Å²) >= 11 is 0. The topological polar surface area (TPSA) is 17.1 Å². The predicted octanol–water partition coefficient (Wildman–Crippen LogP) is 9.97. The Morgan fingerprint density at radius 1 is 0.583 bits per heavy atom. The number of rotatable bonds is 12. The Hall–Kier alpha value is -1.89. The number of ketones is 1. The van der Waals surface area contributed by atoms with Crippen molar-refractivity contribution in [2.45, 2.75) is 128 Å². The van der Waals surface area contributed by atoms with Gasteiger partial charge in [-0.2, -0.15) is 0 Å². The van der Waals surface area contributed by atoms with Crippen molar-refractivity contribution in [2.75, 3.05) is 0 Å². The van der Waals surface area contributed by atoms with Crippen LogP contribution >= 0.6 is 0 Å². The first-order valence-corrected chi connectivity index (χ1v) is 15.3. The van der Waals surface area contributed by atoms with Crippen molar-refractivity contribution in [1.82, 2.24) is 0 Å². The van der Waals surface area contributed by atoms with E-state index in [-0.39, 0.29) is 0 Å². The molecule has 2 aromatic carbocycles. The van der Waals surface area contributed by atoms with Gasteiger partial charge in [-0.3, -0.25) is 4.79 Å². The zero-order valence-electron chi connectivity index (χ0n) is 23.2. The Labute approximate surface area is 221 Å². The van der Waals surface area contributed by atoms with Crippen LogP contribution in [0.2, 0.25) is 0 Å². The highest BCUT2D eigenvalue weighted by Crippen LogP contribution is 2.39. The van der Waals surface area contributed by atoms with Gasteiger partial charge in [-0.25, -0.2) is 0 Å². The molecule has 2 aliphatic rings. The number of benzene rings is 2. The second kappa shape index (κ2) is 14.2. The first-order valence-electron chi connectivity index (χ1n) is 15.3. The molecule has 0 N–H and O–H groups in total. The number of hydrogen-bond acceptors (Lipinski definition) is 1. The van der Waals surface area contributed by atoms with Gasteiger partial charge >= 0.3 is 0 Å². The van der Waals surface area contributed by atoms with Crippen LogP contribution < -0.4 is 0 Å². The van der Waals surface area contributed by atoms with Crippen molar-refractivity contribution < 1.29 is 4.79 Å². The fraction of sp³-hybridized carbons (Fsp3) is 0.629. The minimum absolute atomic E-state index is 0.525. The largest absolute Gasteiger partial charge is 0.300 e. The van der Waals surface area contributed by atoms with Crippen molar-refractivity contribution >= 4 is 5.78 Å². The average molecular weight is 487 g/mol. The van der Waals surface area contributed by atoms with Gasteiger partial charge in [0.05, 0.1) is 0 Å². The van der Waals surface area contributed by atoms with E-state index in [1.165, 1.54) is 99.3 Å². The molecule has 0 aromatic heterocycles. The van der Waals surface area contributed by atoms with Crippen LogP contribution in [-0.4, -0.2) is 5.78 Å². The molecule has 1 nitrogen and oxygen atoms in total. The molecule has 0 radical (unpaired) electrons. The summed E-state index contributed by atoms with van der Waals surface area (Å²) in [7, 11) is 0. The zero-order valence-corrected chi connectivity index (χ0v) is 23.2. The third-order valence-corrected chi connectivity index (χ3v) is 9.34. The molecule has 36 heavy (non-hydrogen) atoms. The van der Waals surface area contributed by atoms with Gasteiger partial charge in [-0.15, -0.1) is 0 Å². The Kier molecular flexibility index (Phi) is 10.7. The maximum atomic E-state index is 12.7. The summed E-state index contributed by atoms with van der Waals surface area (Å²) in [5.41, 5.74) is 6.01. The van der Waals surface area contributed by atoms with Crippen molar-refractivity contribution in [3.8, 4) is 0 Å². The number of hydrogen-bond donors (Lipinski definition) is 0. The monoisotopic (exact) mass is 486 g/mol. The van der Waals surface area contributed by atoms with Crippen molar-refractivity contribution in [3.05, 3.63) is 70.8 Å². The molecule has 0 amide bonds. The van der Waals surface area contributed by atoms with Gasteiger partial charge in [-0.1, -0.05) is 75.2 Å². The molecule has 4 rings (SSSR count). The zero-order chi connectivity index (χ0) is 25.2. The van der Waals surface area contributed by atoms with E-state index in [0.29, 0.717) is 5.78 Å². The maximum Gasteiger partial charge on any atom is 0.132 e. The van der Waals surface area contributed by atoms with Crippen molar-refractivity contribution in [1.29, 1.82) is 0 Å². The second-order valence-electron chi connectivity index (χ2n) is 12.0. The second-order valence-corrected chi connectivity index (χ2v) is 12.0. The number of carbonyl (C=O) groups is 1. The van der Waals surface area contributed by atoms with Crippen molar-refractivity contribution in [2.24, 2.45) is 11.8 Å².